The molecule has 3 heterocycles. The van der Waals surface area contributed by atoms with Crippen LogP contribution in [0.2, 0.25) is 0 Å². The maximum atomic E-state index is 6.05. The van der Waals surface area contributed by atoms with Crippen LogP contribution in [0.25, 0.3) is 0 Å². The van der Waals surface area contributed by atoms with Crippen LogP contribution in [0.1, 0.15) is 29.9 Å². The molecule has 21 heavy (non-hydrogen) atoms. The molecule has 0 N–H and O–H groups in total. The molecule has 0 saturated carbocycles. The van der Waals surface area contributed by atoms with Crippen molar-refractivity contribution in [1.29, 1.82) is 0 Å². The van der Waals surface area contributed by atoms with E-state index in [1.54, 1.807) is 0 Å². The van der Waals surface area contributed by atoms with Crippen molar-refractivity contribution >= 4 is 0 Å². The fraction of sp³-hybridized carbons (Fsp3) is 0.500. The number of fused-ring (bicyclic) bond motifs is 3. The first kappa shape index (κ1) is 13.0. The van der Waals surface area contributed by atoms with Crippen molar-refractivity contribution in [3.05, 3.63) is 47.3 Å². The molecule has 1 aromatic heterocycles. The maximum Gasteiger partial charge on any atom is 0.0944 e. The Hall–Kier alpha value is -1.72. The molecule has 2 aliphatic heterocycles. The van der Waals surface area contributed by atoms with Gasteiger partial charge in [0.05, 0.1) is 30.1 Å². The third-order valence-electron chi connectivity index (χ3n) is 4.52. The number of aromatic nitrogens is 3. The summed E-state index contributed by atoms with van der Waals surface area (Å²) in [5, 5.41) is 8.67. The van der Waals surface area contributed by atoms with E-state index in [0.29, 0.717) is 12.6 Å². The Morgan fingerprint density at radius 2 is 2.10 bits per heavy atom. The Balaban J connectivity index is 1.53. The first-order chi connectivity index (χ1) is 10.3. The summed E-state index contributed by atoms with van der Waals surface area (Å²) in [5.41, 5.74) is 3.60. The van der Waals surface area contributed by atoms with Crippen molar-refractivity contribution in [2.24, 2.45) is 0 Å². The van der Waals surface area contributed by atoms with E-state index >= 15 is 0 Å². The zero-order valence-corrected chi connectivity index (χ0v) is 12.3. The molecule has 0 aliphatic carbocycles. The second kappa shape index (κ2) is 5.24. The summed E-state index contributed by atoms with van der Waals surface area (Å²) in [5.74, 6) is 0. The normalized spacial score (nSPS) is 24.8. The Bertz CT molecular complexity index is 624. The third-order valence-corrected chi connectivity index (χ3v) is 4.52. The van der Waals surface area contributed by atoms with Crippen molar-refractivity contribution in [2.45, 2.75) is 38.6 Å². The third kappa shape index (κ3) is 2.26. The molecule has 0 amide bonds. The Morgan fingerprint density at radius 1 is 1.24 bits per heavy atom. The Kier molecular flexibility index (Phi) is 3.24. The van der Waals surface area contributed by atoms with E-state index in [1.165, 1.54) is 11.3 Å². The highest BCUT2D eigenvalue weighted by atomic mass is 16.5. The summed E-state index contributed by atoms with van der Waals surface area (Å²) < 4.78 is 8.16. The molecule has 110 valence electrons. The summed E-state index contributed by atoms with van der Waals surface area (Å²) >= 11 is 0. The summed E-state index contributed by atoms with van der Waals surface area (Å²) in [6, 6.07) is 10.9. The number of nitrogens with zero attached hydrogens (tertiary/aromatic N) is 4. The lowest BCUT2D eigenvalue weighted by Gasteiger charge is -2.26. The fourth-order valence-electron chi connectivity index (χ4n) is 3.42. The van der Waals surface area contributed by atoms with E-state index in [-0.39, 0.29) is 6.10 Å². The van der Waals surface area contributed by atoms with Gasteiger partial charge in [-0.3, -0.25) is 4.90 Å². The lowest BCUT2D eigenvalue weighted by Crippen LogP contribution is -2.32. The zero-order valence-electron chi connectivity index (χ0n) is 12.3. The summed E-state index contributed by atoms with van der Waals surface area (Å²) in [6.07, 6.45) is 1.16. The highest BCUT2D eigenvalue weighted by Gasteiger charge is 2.40. The number of ether oxygens (including phenoxy) is 1. The van der Waals surface area contributed by atoms with Crippen molar-refractivity contribution in [1.82, 2.24) is 19.9 Å². The predicted molar refractivity (Wildman–Crippen MR) is 78.7 cm³/mol. The van der Waals surface area contributed by atoms with Gasteiger partial charge in [-0.05, 0) is 12.0 Å². The highest BCUT2D eigenvalue weighted by molar-refractivity contribution is 5.16. The second-order valence-electron chi connectivity index (χ2n) is 5.88. The van der Waals surface area contributed by atoms with E-state index < -0.39 is 0 Å². The first-order valence-corrected chi connectivity index (χ1v) is 7.66. The van der Waals surface area contributed by atoms with Crippen molar-refractivity contribution < 1.29 is 4.74 Å². The Labute approximate surface area is 124 Å². The zero-order chi connectivity index (χ0) is 14.2. The van der Waals surface area contributed by atoms with Gasteiger partial charge in [-0.1, -0.05) is 42.5 Å². The predicted octanol–water partition coefficient (Wildman–Crippen LogP) is 1.80. The molecule has 0 bridgehead atoms. The van der Waals surface area contributed by atoms with Gasteiger partial charge in [0.2, 0.25) is 0 Å². The van der Waals surface area contributed by atoms with E-state index in [0.717, 1.165) is 31.7 Å². The Morgan fingerprint density at radius 3 is 2.90 bits per heavy atom. The molecule has 2 atom stereocenters. The molecule has 5 nitrogen and oxygen atoms in total. The molecule has 5 heteroatoms. The molecule has 2 aliphatic rings. The molecule has 1 saturated heterocycles. The molecule has 0 spiro atoms. The quantitative estimate of drug-likeness (QED) is 0.862. The van der Waals surface area contributed by atoms with Crippen molar-refractivity contribution in [3.8, 4) is 0 Å². The van der Waals surface area contributed by atoms with E-state index in [1.807, 2.05) is 0 Å². The van der Waals surface area contributed by atoms with Crippen molar-refractivity contribution in [2.75, 3.05) is 13.1 Å². The number of likely N-dealkylation sites (tertiary alicyclic amines) is 1. The number of aryl methyl sites for hydroxylation is 1. The molecule has 0 radical (unpaired) electrons. The lowest BCUT2D eigenvalue weighted by atomic mass is 10.1. The minimum absolute atomic E-state index is 0.243. The molecular formula is C16H20N4O. The molecular weight excluding hydrogens is 264 g/mol. The monoisotopic (exact) mass is 284 g/mol. The topological polar surface area (TPSA) is 43.2 Å². The number of hydrogen-bond donors (Lipinski definition) is 0. The van der Waals surface area contributed by atoms with Crippen LogP contribution < -0.4 is 0 Å². The molecule has 2 aromatic rings. The maximum absolute atomic E-state index is 6.05. The highest BCUT2D eigenvalue weighted by Crippen LogP contribution is 2.32. The molecule has 1 aromatic carbocycles. The van der Waals surface area contributed by atoms with Gasteiger partial charge in [0, 0.05) is 19.6 Å². The summed E-state index contributed by atoms with van der Waals surface area (Å²) in [7, 11) is 0. The lowest BCUT2D eigenvalue weighted by molar-refractivity contribution is -0.00559. The van der Waals surface area contributed by atoms with Gasteiger partial charge in [-0.2, -0.15) is 0 Å². The van der Waals surface area contributed by atoms with Crippen LogP contribution in [0.5, 0.6) is 0 Å². The first-order valence-electron chi connectivity index (χ1n) is 7.66. The van der Waals surface area contributed by atoms with Gasteiger partial charge in [0.25, 0.3) is 0 Å². The standard InChI is InChI=1S/C16H20N4O/c1-2-13-15-11-21-16-10-19(8-12-6-4-3-5-7-12)9-14(16)20(15)18-17-13/h3-7,14,16H,2,8-11H2,1H3. The second-order valence-corrected chi connectivity index (χ2v) is 5.88. The number of rotatable bonds is 3. The van der Waals surface area contributed by atoms with Gasteiger partial charge in [-0.25, -0.2) is 4.68 Å². The minimum Gasteiger partial charge on any atom is -0.368 e. The molecule has 1 fully saturated rings. The summed E-state index contributed by atoms with van der Waals surface area (Å²) in [6.45, 7) is 5.70. The van der Waals surface area contributed by atoms with Crippen LogP contribution in [0, 0.1) is 0 Å². The van der Waals surface area contributed by atoms with Gasteiger partial charge < -0.3 is 4.74 Å². The molecule has 2 unspecified atom stereocenters. The van der Waals surface area contributed by atoms with Crippen LogP contribution in [0.4, 0.5) is 0 Å². The average Bonchev–Trinajstić information content (AvgIpc) is 3.10. The van der Waals surface area contributed by atoms with Gasteiger partial charge >= 0.3 is 0 Å². The van der Waals surface area contributed by atoms with Crippen LogP contribution in [-0.2, 0) is 24.3 Å². The SMILES string of the molecule is CCc1nnn2c1COC1CN(Cc3ccccc3)CC12. The fourth-order valence-corrected chi connectivity index (χ4v) is 3.42. The van der Waals surface area contributed by atoms with Gasteiger partial charge in [0.1, 0.15) is 0 Å². The van der Waals surface area contributed by atoms with Crippen LogP contribution >= 0.6 is 0 Å². The van der Waals surface area contributed by atoms with Crippen LogP contribution in [0.15, 0.2) is 30.3 Å². The molecule has 4 rings (SSSR count). The van der Waals surface area contributed by atoms with E-state index in [9.17, 15) is 0 Å². The van der Waals surface area contributed by atoms with Crippen molar-refractivity contribution in [3.63, 3.8) is 0 Å². The van der Waals surface area contributed by atoms with E-state index in [4.69, 9.17) is 4.74 Å². The number of hydrogen-bond acceptors (Lipinski definition) is 4. The average molecular weight is 284 g/mol. The number of benzene rings is 1. The van der Waals surface area contributed by atoms with Gasteiger partial charge in [0.15, 0.2) is 0 Å². The van der Waals surface area contributed by atoms with E-state index in [2.05, 4.69) is 57.1 Å². The largest absolute Gasteiger partial charge is 0.368 e. The van der Waals surface area contributed by atoms with Crippen LogP contribution in [0.3, 0.4) is 0 Å². The summed E-state index contributed by atoms with van der Waals surface area (Å²) in [4.78, 5) is 2.45. The smallest absolute Gasteiger partial charge is 0.0944 e. The minimum atomic E-state index is 0.243. The van der Waals surface area contributed by atoms with Gasteiger partial charge in [-0.15, -0.1) is 5.10 Å². The van der Waals surface area contributed by atoms with Crippen LogP contribution in [-0.4, -0.2) is 39.1 Å².